The first-order valence-electron chi connectivity index (χ1n) is 6.20. The summed E-state index contributed by atoms with van der Waals surface area (Å²) >= 11 is 0. The number of carbonyl (C=O) groups excluding carboxylic acids is 2. The molecule has 1 heterocycles. The van der Waals surface area contributed by atoms with Crippen LogP contribution < -0.4 is 0 Å². The third-order valence-corrected chi connectivity index (χ3v) is 3.32. The second-order valence-electron chi connectivity index (χ2n) is 3.41. The number of hydrogen-bond donors (Lipinski definition) is 1. The number of ether oxygens (including phenoxy) is 2. The summed E-state index contributed by atoms with van der Waals surface area (Å²) in [6.45, 7) is 6.74. The van der Waals surface area contributed by atoms with E-state index in [9.17, 15) is 14.2 Å². The first kappa shape index (κ1) is 20.5. The van der Waals surface area contributed by atoms with E-state index in [0.717, 1.165) is 12.2 Å². The number of hydrogen-bond acceptors (Lipinski definition) is 9. The second-order valence-corrected chi connectivity index (χ2v) is 5.08. The highest BCUT2D eigenvalue weighted by atomic mass is 31.2. The summed E-state index contributed by atoms with van der Waals surface area (Å²) in [5.41, 5.74) is 0. The minimum Gasteiger partial charge on any atom is -0.460 e. The van der Waals surface area contributed by atoms with Crippen LogP contribution in [0.15, 0.2) is 25.3 Å². The van der Waals surface area contributed by atoms with Crippen molar-refractivity contribution in [2.75, 3.05) is 39.6 Å². The lowest BCUT2D eigenvalue weighted by atomic mass is 10.6. The topological polar surface area (TPSA) is 118 Å². The van der Waals surface area contributed by atoms with Gasteiger partial charge >= 0.3 is 19.8 Å². The van der Waals surface area contributed by atoms with Crippen molar-refractivity contribution in [3.8, 4) is 0 Å². The van der Waals surface area contributed by atoms with E-state index in [-0.39, 0.29) is 39.6 Å². The molecule has 22 heavy (non-hydrogen) atoms. The normalized spacial score (nSPS) is 15.1. The first-order chi connectivity index (χ1) is 10.5. The quantitative estimate of drug-likeness (QED) is 0.294. The Labute approximate surface area is 128 Å². The van der Waals surface area contributed by atoms with Gasteiger partial charge < -0.3 is 14.6 Å². The summed E-state index contributed by atoms with van der Waals surface area (Å²) < 4.78 is 34.4. The third-order valence-electron chi connectivity index (χ3n) is 1.83. The van der Waals surface area contributed by atoms with E-state index in [1.807, 2.05) is 0 Å². The highest BCUT2D eigenvalue weighted by Gasteiger charge is 2.31. The predicted octanol–water partition coefficient (Wildman–Crippen LogP) is 0.595. The van der Waals surface area contributed by atoms with Gasteiger partial charge in [-0.2, -0.15) is 0 Å². The SMILES string of the molecule is C=CC(=O)OCCO.C=CC(=O)OCCOP1(=O)OCCO1. The van der Waals surface area contributed by atoms with Gasteiger partial charge in [-0.3, -0.25) is 13.6 Å². The average Bonchev–Trinajstić information content (AvgIpc) is 2.96. The molecule has 1 aliphatic rings. The van der Waals surface area contributed by atoms with Gasteiger partial charge in [-0.25, -0.2) is 14.2 Å². The summed E-state index contributed by atoms with van der Waals surface area (Å²) in [7, 11) is -3.36. The van der Waals surface area contributed by atoms with Crippen molar-refractivity contribution in [2.24, 2.45) is 0 Å². The molecule has 0 radical (unpaired) electrons. The molecule has 0 atom stereocenters. The van der Waals surface area contributed by atoms with E-state index in [4.69, 9.17) is 18.7 Å². The summed E-state index contributed by atoms with van der Waals surface area (Å²) in [6, 6.07) is 0. The molecule has 0 aliphatic carbocycles. The minimum absolute atomic E-state index is 0.0123. The Morgan fingerprint density at radius 2 is 1.55 bits per heavy atom. The van der Waals surface area contributed by atoms with Gasteiger partial charge in [0.05, 0.1) is 26.4 Å². The van der Waals surface area contributed by atoms with Crippen LogP contribution in [-0.2, 0) is 37.2 Å². The van der Waals surface area contributed by atoms with Crippen molar-refractivity contribution >= 4 is 19.8 Å². The number of rotatable bonds is 8. The number of aliphatic hydroxyl groups is 1. The van der Waals surface area contributed by atoms with Crippen molar-refractivity contribution in [1.29, 1.82) is 0 Å². The van der Waals surface area contributed by atoms with Gasteiger partial charge in [0.2, 0.25) is 0 Å². The molecular weight excluding hydrogens is 319 g/mol. The molecule has 0 bridgehead atoms. The van der Waals surface area contributed by atoms with Gasteiger partial charge in [0, 0.05) is 12.2 Å². The van der Waals surface area contributed by atoms with Crippen molar-refractivity contribution in [3.63, 3.8) is 0 Å². The van der Waals surface area contributed by atoms with E-state index in [2.05, 4.69) is 22.6 Å². The molecule has 0 aromatic carbocycles. The highest BCUT2D eigenvalue weighted by Crippen LogP contribution is 2.52. The van der Waals surface area contributed by atoms with Crippen molar-refractivity contribution in [2.45, 2.75) is 0 Å². The van der Waals surface area contributed by atoms with Crippen LogP contribution in [0.5, 0.6) is 0 Å². The van der Waals surface area contributed by atoms with Crippen LogP contribution in [0, 0.1) is 0 Å². The van der Waals surface area contributed by atoms with Crippen molar-refractivity contribution in [1.82, 2.24) is 0 Å². The zero-order valence-corrected chi connectivity index (χ0v) is 12.9. The van der Waals surface area contributed by atoms with E-state index in [1.165, 1.54) is 0 Å². The van der Waals surface area contributed by atoms with Crippen LogP contribution in [0.4, 0.5) is 0 Å². The smallest absolute Gasteiger partial charge is 0.460 e. The zero-order chi connectivity index (χ0) is 16.8. The fourth-order valence-electron chi connectivity index (χ4n) is 0.965. The fraction of sp³-hybridized carbons (Fsp3) is 0.500. The lowest BCUT2D eigenvalue weighted by Gasteiger charge is -2.08. The van der Waals surface area contributed by atoms with Gasteiger partial charge in [-0.05, 0) is 0 Å². The van der Waals surface area contributed by atoms with Crippen molar-refractivity contribution < 1.29 is 42.3 Å². The molecule has 1 N–H and O–H groups in total. The molecule has 0 unspecified atom stereocenters. The van der Waals surface area contributed by atoms with Gasteiger partial charge in [0.1, 0.15) is 13.2 Å². The number of phosphoric acid groups is 1. The molecule has 0 amide bonds. The van der Waals surface area contributed by atoms with E-state index < -0.39 is 19.8 Å². The Morgan fingerprint density at radius 3 is 2.00 bits per heavy atom. The van der Waals surface area contributed by atoms with Gasteiger partial charge in [0.15, 0.2) is 0 Å². The highest BCUT2D eigenvalue weighted by molar-refractivity contribution is 7.48. The lowest BCUT2D eigenvalue weighted by Crippen LogP contribution is -2.07. The molecule has 126 valence electrons. The molecule has 1 aliphatic heterocycles. The zero-order valence-electron chi connectivity index (χ0n) is 12.0. The first-order valence-corrected chi connectivity index (χ1v) is 7.66. The maximum Gasteiger partial charge on any atom is 0.475 e. The molecule has 0 saturated carbocycles. The van der Waals surface area contributed by atoms with Crippen LogP contribution in [0.2, 0.25) is 0 Å². The molecular formula is C12H19O9P. The largest absolute Gasteiger partial charge is 0.475 e. The Morgan fingerprint density at radius 1 is 1.05 bits per heavy atom. The van der Waals surface area contributed by atoms with Crippen LogP contribution >= 0.6 is 7.82 Å². The predicted molar refractivity (Wildman–Crippen MR) is 74.9 cm³/mol. The molecule has 9 nitrogen and oxygen atoms in total. The monoisotopic (exact) mass is 338 g/mol. The number of esters is 2. The van der Waals surface area contributed by atoms with E-state index >= 15 is 0 Å². The summed E-state index contributed by atoms with van der Waals surface area (Å²) in [4.78, 5) is 20.7. The molecule has 0 aromatic rings. The molecule has 1 rings (SSSR count). The minimum atomic E-state index is -3.36. The Bertz CT molecular complexity index is 411. The van der Waals surface area contributed by atoms with Crippen LogP contribution in [0.1, 0.15) is 0 Å². The van der Waals surface area contributed by atoms with Gasteiger partial charge in [-0.1, -0.05) is 13.2 Å². The van der Waals surface area contributed by atoms with Crippen molar-refractivity contribution in [3.05, 3.63) is 25.3 Å². The van der Waals surface area contributed by atoms with E-state index in [0.29, 0.717) is 0 Å². The lowest BCUT2D eigenvalue weighted by molar-refractivity contribution is -0.139. The molecule has 0 spiro atoms. The Hall–Kier alpha value is -1.51. The molecule has 10 heteroatoms. The second kappa shape index (κ2) is 12.1. The third kappa shape index (κ3) is 10.3. The molecule has 1 saturated heterocycles. The molecule has 1 fully saturated rings. The van der Waals surface area contributed by atoms with E-state index in [1.54, 1.807) is 0 Å². The van der Waals surface area contributed by atoms with Gasteiger partial charge in [-0.15, -0.1) is 0 Å². The number of aliphatic hydroxyl groups excluding tert-OH is 1. The fourth-order valence-corrected chi connectivity index (χ4v) is 2.08. The van der Waals surface area contributed by atoms with Crippen LogP contribution in [0.25, 0.3) is 0 Å². The number of phosphoric ester groups is 1. The van der Waals surface area contributed by atoms with Gasteiger partial charge in [0.25, 0.3) is 0 Å². The maximum absolute atomic E-state index is 11.3. The van der Waals surface area contributed by atoms with Crippen LogP contribution in [-0.4, -0.2) is 56.7 Å². The Balaban J connectivity index is 0.000000472. The summed E-state index contributed by atoms with van der Waals surface area (Å²) in [5, 5.41) is 8.10. The molecule has 0 aromatic heterocycles. The standard InChI is InChI=1S/C7H11O6P.C5H8O3/c1-2-7(8)10-3-4-11-14(9)12-5-6-13-14;1-2-5(7)8-4-3-6/h2H,1,3-6H2;2,6H,1,3-4H2. The maximum atomic E-state index is 11.3. The average molecular weight is 338 g/mol. The summed E-state index contributed by atoms with van der Waals surface area (Å²) in [6.07, 6.45) is 2.08. The number of carbonyl (C=O) groups is 2. The Kier molecular flexibility index (Phi) is 11.2. The summed E-state index contributed by atoms with van der Waals surface area (Å²) in [5.74, 6) is -1.06. The van der Waals surface area contributed by atoms with Crippen LogP contribution in [0.3, 0.4) is 0 Å².